The van der Waals surface area contributed by atoms with Crippen molar-refractivity contribution in [2.75, 3.05) is 0 Å². The third-order valence-corrected chi connectivity index (χ3v) is 8.16. The molecule has 0 heterocycles. The molecule has 0 bridgehead atoms. The van der Waals surface area contributed by atoms with Crippen molar-refractivity contribution in [3.63, 3.8) is 0 Å². The lowest BCUT2D eigenvalue weighted by atomic mass is 9.68. The number of hydrogen-bond donors (Lipinski definition) is 0. The highest BCUT2D eigenvalue weighted by atomic mass is 19.4. The van der Waals surface area contributed by atoms with Gasteiger partial charge in [0.25, 0.3) is 0 Å². The molecule has 6 heteroatoms. The summed E-state index contributed by atoms with van der Waals surface area (Å²) in [6.45, 7) is 0. The van der Waals surface area contributed by atoms with E-state index in [1.54, 1.807) is 18.2 Å². The highest BCUT2D eigenvalue weighted by molar-refractivity contribution is 5.27. The number of nitrogens with zero attached hydrogens (tertiary/aromatic N) is 1. The van der Waals surface area contributed by atoms with Crippen LogP contribution >= 0.6 is 0 Å². The van der Waals surface area contributed by atoms with Gasteiger partial charge in [-0.1, -0.05) is 62.8 Å². The molecule has 2 aliphatic carbocycles. The highest BCUT2D eigenvalue weighted by Gasteiger charge is 2.31. The molecule has 0 atom stereocenters. The molecule has 0 saturated heterocycles. The van der Waals surface area contributed by atoms with Crippen molar-refractivity contribution in [1.29, 1.82) is 5.26 Å². The smallest absolute Gasteiger partial charge is 0.406 e. The number of aryl methyl sites for hydroxylation is 1. The van der Waals surface area contributed by atoms with E-state index in [0.717, 1.165) is 54.9 Å². The molecular weight excluding hydrogens is 466 g/mol. The molecule has 0 N–H and O–H groups in total. The second-order valence-corrected chi connectivity index (χ2v) is 10.6. The SMILES string of the molecule is N#CC(F)=CC=CCCC1CCC(C2CCC(CCCCc3ccc(OC(F)(F)F)cc3)CC2)CC1. The van der Waals surface area contributed by atoms with Crippen molar-refractivity contribution in [3.8, 4) is 11.8 Å². The van der Waals surface area contributed by atoms with Gasteiger partial charge in [0.15, 0.2) is 5.83 Å². The Bertz CT molecular complexity index is 868. The molecule has 0 amide bonds. The van der Waals surface area contributed by atoms with E-state index < -0.39 is 12.2 Å². The number of alkyl halides is 3. The third kappa shape index (κ3) is 10.4. The van der Waals surface area contributed by atoms with E-state index in [2.05, 4.69) is 4.74 Å². The summed E-state index contributed by atoms with van der Waals surface area (Å²) >= 11 is 0. The molecule has 36 heavy (non-hydrogen) atoms. The number of ether oxygens (including phenoxy) is 1. The van der Waals surface area contributed by atoms with Crippen molar-refractivity contribution < 1.29 is 22.3 Å². The average molecular weight is 506 g/mol. The Morgan fingerprint density at radius 1 is 0.889 bits per heavy atom. The van der Waals surface area contributed by atoms with E-state index in [-0.39, 0.29) is 5.75 Å². The summed E-state index contributed by atoms with van der Waals surface area (Å²) in [5.74, 6) is 2.47. The number of nitriles is 1. The minimum atomic E-state index is -4.64. The van der Waals surface area contributed by atoms with Gasteiger partial charge in [-0.3, -0.25) is 0 Å². The number of rotatable bonds is 11. The van der Waals surface area contributed by atoms with Crippen LogP contribution in [0.15, 0.2) is 48.3 Å². The van der Waals surface area contributed by atoms with Crippen LogP contribution in [0.3, 0.4) is 0 Å². The van der Waals surface area contributed by atoms with Crippen LogP contribution in [-0.4, -0.2) is 6.36 Å². The lowest BCUT2D eigenvalue weighted by molar-refractivity contribution is -0.274. The van der Waals surface area contributed by atoms with E-state index >= 15 is 0 Å². The molecule has 0 spiro atoms. The van der Waals surface area contributed by atoms with E-state index in [1.165, 1.54) is 88.5 Å². The minimum Gasteiger partial charge on any atom is -0.406 e. The maximum absolute atomic E-state index is 12.8. The van der Waals surface area contributed by atoms with Crippen LogP contribution in [0.25, 0.3) is 0 Å². The van der Waals surface area contributed by atoms with Crippen molar-refractivity contribution >= 4 is 0 Å². The molecule has 0 aromatic heterocycles. The Balaban J connectivity index is 1.24. The van der Waals surface area contributed by atoms with Crippen LogP contribution in [0.1, 0.15) is 89.0 Å². The van der Waals surface area contributed by atoms with Crippen molar-refractivity contribution in [2.45, 2.75) is 96.3 Å². The molecule has 1 aromatic carbocycles. The van der Waals surface area contributed by atoms with Crippen LogP contribution in [0.4, 0.5) is 17.6 Å². The molecule has 2 fully saturated rings. The fraction of sp³-hybridized carbons (Fsp3) is 0.633. The zero-order valence-electron chi connectivity index (χ0n) is 21.1. The molecule has 1 aromatic rings. The molecule has 0 unspecified atom stereocenters. The summed E-state index contributed by atoms with van der Waals surface area (Å²) in [5.41, 5.74) is 1.06. The van der Waals surface area contributed by atoms with Crippen LogP contribution < -0.4 is 4.74 Å². The fourth-order valence-corrected chi connectivity index (χ4v) is 6.13. The molecule has 2 nitrogen and oxygen atoms in total. The molecule has 2 saturated carbocycles. The van der Waals surface area contributed by atoms with Crippen LogP contribution in [0, 0.1) is 35.0 Å². The van der Waals surface area contributed by atoms with E-state index in [9.17, 15) is 17.6 Å². The number of halogens is 4. The second kappa shape index (κ2) is 14.4. The molecule has 198 valence electrons. The fourth-order valence-electron chi connectivity index (χ4n) is 6.13. The Labute approximate surface area is 213 Å². The first-order valence-corrected chi connectivity index (χ1v) is 13.6. The minimum absolute atomic E-state index is 0.160. The largest absolute Gasteiger partial charge is 0.573 e. The summed E-state index contributed by atoms with van der Waals surface area (Å²) in [6.07, 6.45) is 17.4. The highest BCUT2D eigenvalue weighted by Crippen LogP contribution is 2.43. The lowest BCUT2D eigenvalue weighted by Gasteiger charge is -2.38. The predicted octanol–water partition coefficient (Wildman–Crippen LogP) is 9.62. The summed E-state index contributed by atoms with van der Waals surface area (Å²) in [5, 5.41) is 8.41. The first kappa shape index (κ1) is 28.3. The molecular formula is C30H39F4NO. The maximum atomic E-state index is 12.8. The first-order chi connectivity index (χ1) is 17.3. The summed E-state index contributed by atoms with van der Waals surface area (Å²) in [6, 6.07) is 7.73. The van der Waals surface area contributed by atoms with Gasteiger partial charge in [0.2, 0.25) is 0 Å². The standard InChI is InChI=1S/C30H39F4NO/c31-28(22-35)9-3-1-2-6-23-10-16-26(17-11-23)27-18-12-24(13-19-27)7-4-5-8-25-14-20-29(21-15-25)36-30(32,33)34/h1,3,9,14-15,20-21,23-24,26-27H,2,4-8,10-13,16-19H2. The van der Waals surface area contributed by atoms with E-state index in [4.69, 9.17) is 5.26 Å². The Morgan fingerprint density at radius 3 is 2.03 bits per heavy atom. The maximum Gasteiger partial charge on any atom is 0.573 e. The first-order valence-electron chi connectivity index (χ1n) is 13.6. The molecule has 3 rings (SSSR count). The van der Waals surface area contributed by atoms with Gasteiger partial charge in [0.1, 0.15) is 11.8 Å². The Kier molecular flexibility index (Phi) is 11.4. The summed E-state index contributed by atoms with van der Waals surface area (Å²) in [7, 11) is 0. The molecule has 2 aliphatic rings. The number of unbranched alkanes of at least 4 members (excludes halogenated alkanes) is 1. The summed E-state index contributed by atoms with van der Waals surface area (Å²) in [4.78, 5) is 0. The number of hydrogen-bond acceptors (Lipinski definition) is 2. The van der Waals surface area contributed by atoms with Crippen molar-refractivity contribution in [3.05, 3.63) is 53.9 Å². The third-order valence-electron chi connectivity index (χ3n) is 8.16. The van der Waals surface area contributed by atoms with E-state index in [1.807, 2.05) is 6.08 Å². The van der Waals surface area contributed by atoms with Gasteiger partial charge in [-0.25, -0.2) is 0 Å². The predicted molar refractivity (Wildman–Crippen MR) is 135 cm³/mol. The monoisotopic (exact) mass is 505 g/mol. The van der Waals surface area contributed by atoms with Crippen LogP contribution in [0.2, 0.25) is 0 Å². The lowest BCUT2D eigenvalue weighted by Crippen LogP contribution is -2.25. The van der Waals surface area contributed by atoms with Gasteiger partial charge in [-0.15, -0.1) is 13.2 Å². The van der Waals surface area contributed by atoms with E-state index in [0.29, 0.717) is 0 Å². The van der Waals surface area contributed by atoms with Crippen LogP contribution in [-0.2, 0) is 6.42 Å². The normalized spacial score (nSPS) is 25.6. The zero-order chi connectivity index (χ0) is 25.8. The summed E-state index contributed by atoms with van der Waals surface area (Å²) < 4.78 is 53.5. The number of allylic oxidation sites excluding steroid dienone is 4. The van der Waals surface area contributed by atoms with Gasteiger partial charge in [-0.2, -0.15) is 9.65 Å². The van der Waals surface area contributed by atoms with Crippen molar-refractivity contribution in [1.82, 2.24) is 0 Å². The quantitative estimate of drug-likeness (QED) is 0.130. The zero-order valence-corrected chi connectivity index (χ0v) is 21.1. The average Bonchev–Trinajstić information content (AvgIpc) is 2.87. The van der Waals surface area contributed by atoms with Gasteiger partial charge in [0, 0.05) is 0 Å². The topological polar surface area (TPSA) is 33.0 Å². The van der Waals surface area contributed by atoms with Gasteiger partial charge in [-0.05, 0) is 98.8 Å². The van der Waals surface area contributed by atoms with Crippen LogP contribution in [0.5, 0.6) is 5.75 Å². The Hall–Kier alpha value is -2.29. The molecule has 0 radical (unpaired) electrons. The molecule has 0 aliphatic heterocycles. The number of benzene rings is 1. The van der Waals surface area contributed by atoms with Gasteiger partial charge >= 0.3 is 6.36 Å². The van der Waals surface area contributed by atoms with Gasteiger partial charge < -0.3 is 4.74 Å². The Morgan fingerprint density at radius 2 is 1.47 bits per heavy atom. The van der Waals surface area contributed by atoms with Gasteiger partial charge in [0.05, 0.1) is 0 Å². The second-order valence-electron chi connectivity index (χ2n) is 10.6. The van der Waals surface area contributed by atoms with Crippen molar-refractivity contribution in [2.24, 2.45) is 23.7 Å².